The number of hydrogen-bond donors (Lipinski definition) is 0. The van der Waals surface area contributed by atoms with E-state index in [2.05, 4.69) is 38.1 Å². The highest BCUT2D eigenvalue weighted by Gasteiger charge is 2.19. The summed E-state index contributed by atoms with van der Waals surface area (Å²) in [5, 5.41) is 23.6. The van der Waals surface area contributed by atoms with Crippen LogP contribution >= 0.6 is 0 Å². The molecule has 190 valence electrons. The van der Waals surface area contributed by atoms with Gasteiger partial charge in [0.15, 0.2) is 0 Å². The maximum absolute atomic E-state index is 12.3. The monoisotopic (exact) mass is 501 g/mol. The summed E-state index contributed by atoms with van der Waals surface area (Å²) in [4.78, 5) is 33.7. The Bertz CT molecular complexity index is 1460. The van der Waals surface area contributed by atoms with Gasteiger partial charge in [-0.15, -0.1) is 0 Å². The van der Waals surface area contributed by atoms with E-state index in [4.69, 9.17) is 4.74 Å². The summed E-state index contributed by atoms with van der Waals surface area (Å²) in [6.45, 7) is 6.85. The normalized spacial score (nSPS) is 11.1. The molecular formula is C28H27N3O6. The second-order valence-corrected chi connectivity index (χ2v) is 9.14. The van der Waals surface area contributed by atoms with Gasteiger partial charge in [-0.3, -0.25) is 25.0 Å². The van der Waals surface area contributed by atoms with Gasteiger partial charge in [-0.1, -0.05) is 50.2 Å². The van der Waals surface area contributed by atoms with Gasteiger partial charge in [-0.05, 0) is 46.7 Å². The zero-order valence-electron chi connectivity index (χ0n) is 20.8. The maximum atomic E-state index is 12.3. The van der Waals surface area contributed by atoms with Gasteiger partial charge in [-0.2, -0.15) is 0 Å². The quantitative estimate of drug-likeness (QED) is 0.149. The second kappa shape index (κ2) is 10.6. The SMILES string of the molecule is CCOC(=O)Cc1cn(Cc2ccc(C(C)C)cc2)c2cc(-c3cc([N+](=O)[O-])cc([N+](=O)[O-])c3)ccc12. The molecule has 0 amide bonds. The number of non-ortho nitro benzene ring substituents is 2. The molecule has 0 radical (unpaired) electrons. The van der Waals surface area contributed by atoms with Crippen LogP contribution in [0.4, 0.5) is 11.4 Å². The molecule has 1 heterocycles. The highest BCUT2D eigenvalue weighted by molar-refractivity contribution is 5.91. The van der Waals surface area contributed by atoms with Crippen LogP contribution in [0.1, 0.15) is 43.4 Å². The third-order valence-electron chi connectivity index (χ3n) is 6.26. The molecule has 0 aliphatic rings. The molecule has 4 aromatic rings. The Morgan fingerprint density at radius 3 is 2.14 bits per heavy atom. The zero-order chi connectivity index (χ0) is 26.7. The van der Waals surface area contributed by atoms with Crippen molar-refractivity contribution < 1.29 is 19.4 Å². The van der Waals surface area contributed by atoms with E-state index in [0.29, 0.717) is 23.6 Å². The van der Waals surface area contributed by atoms with Crippen LogP contribution in [-0.4, -0.2) is 27.0 Å². The summed E-state index contributed by atoms with van der Waals surface area (Å²) in [5.41, 5.74) is 4.16. The third-order valence-corrected chi connectivity index (χ3v) is 6.26. The summed E-state index contributed by atoms with van der Waals surface area (Å²) < 4.78 is 7.16. The summed E-state index contributed by atoms with van der Waals surface area (Å²) in [6.07, 6.45) is 2.02. The molecule has 0 aliphatic heterocycles. The molecule has 37 heavy (non-hydrogen) atoms. The fourth-order valence-corrected chi connectivity index (χ4v) is 4.36. The average molecular weight is 502 g/mol. The molecule has 9 heteroatoms. The van der Waals surface area contributed by atoms with Crippen LogP contribution in [0.25, 0.3) is 22.0 Å². The molecule has 0 saturated heterocycles. The Labute approximate surface area is 213 Å². The lowest BCUT2D eigenvalue weighted by molar-refractivity contribution is -0.394. The van der Waals surface area contributed by atoms with Crippen molar-refractivity contribution in [3.63, 3.8) is 0 Å². The Balaban J connectivity index is 1.82. The number of fused-ring (bicyclic) bond motifs is 1. The Hall–Kier alpha value is -4.53. The number of carbonyl (C=O) groups is 1. The molecule has 0 N–H and O–H groups in total. The molecule has 0 spiro atoms. The minimum atomic E-state index is -0.643. The zero-order valence-corrected chi connectivity index (χ0v) is 20.8. The van der Waals surface area contributed by atoms with Crippen LogP contribution in [0.2, 0.25) is 0 Å². The standard InChI is InChI=1S/C28H27N3O6/c1-4-37-28(32)14-23-17-29(16-19-5-7-20(8-6-19)18(2)3)27-13-21(9-10-26(23)27)22-11-24(30(33)34)15-25(12-22)31(35)36/h5-13,15,17-18H,4,14,16H2,1-3H3. The van der Waals surface area contributed by atoms with Crippen molar-refractivity contribution >= 4 is 28.2 Å². The number of aromatic nitrogens is 1. The number of nitrogens with zero attached hydrogens (tertiary/aromatic N) is 3. The van der Waals surface area contributed by atoms with Crippen LogP contribution < -0.4 is 0 Å². The highest BCUT2D eigenvalue weighted by Crippen LogP contribution is 2.33. The fourth-order valence-electron chi connectivity index (χ4n) is 4.36. The lowest BCUT2D eigenvalue weighted by Gasteiger charge is -2.10. The molecule has 0 aliphatic carbocycles. The molecule has 0 bridgehead atoms. The van der Waals surface area contributed by atoms with E-state index < -0.39 is 9.85 Å². The largest absolute Gasteiger partial charge is 0.466 e. The number of benzene rings is 3. The van der Waals surface area contributed by atoms with Gasteiger partial charge in [0.1, 0.15) is 0 Å². The van der Waals surface area contributed by atoms with E-state index in [1.165, 1.54) is 17.7 Å². The summed E-state index contributed by atoms with van der Waals surface area (Å²) >= 11 is 0. The minimum absolute atomic E-state index is 0.102. The summed E-state index contributed by atoms with van der Waals surface area (Å²) in [5.74, 6) is 0.0837. The average Bonchev–Trinajstić information content (AvgIpc) is 3.20. The van der Waals surface area contributed by atoms with E-state index >= 15 is 0 Å². The molecule has 0 atom stereocenters. The topological polar surface area (TPSA) is 118 Å². The van der Waals surface area contributed by atoms with Crippen molar-refractivity contribution in [1.82, 2.24) is 4.57 Å². The Kier molecular flexibility index (Phi) is 7.33. The van der Waals surface area contributed by atoms with Crippen molar-refractivity contribution in [1.29, 1.82) is 0 Å². The first-order chi connectivity index (χ1) is 17.7. The minimum Gasteiger partial charge on any atom is -0.466 e. The van der Waals surface area contributed by atoms with Crippen molar-refractivity contribution in [3.8, 4) is 11.1 Å². The number of nitro groups is 2. The van der Waals surface area contributed by atoms with Gasteiger partial charge < -0.3 is 9.30 Å². The molecular weight excluding hydrogens is 474 g/mol. The van der Waals surface area contributed by atoms with Gasteiger partial charge in [-0.25, -0.2) is 0 Å². The first-order valence-electron chi connectivity index (χ1n) is 12.0. The van der Waals surface area contributed by atoms with E-state index in [-0.39, 0.29) is 30.4 Å². The smallest absolute Gasteiger partial charge is 0.310 e. The molecule has 4 rings (SSSR count). The first-order valence-corrected chi connectivity index (χ1v) is 12.0. The van der Waals surface area contributed by atoms with Gasteiger partial charge in [0.25, 0.3) is 11.4 Å². The predicted octanol–water partition coefficient (Wildman–Crippen LogP) is 6.40. The third kappa shape index (κ3) is 5.66. The molecule has 0 fully saturated rings. The number of esters is 1. The van der Waals surface area contributed by atoms with Gasteiger partial charge in [0, 0.05) is 35.8 Å². The molecule has 9 nitrogen and oxygen atoms in total. The van der Waals surface area contributed by atoms with Crippen LogP contribution in [0.5, 0.6) is 0 Å². The number of rotatable bonds is 9. The highest BCUT2D eigenvalue weighted by atomic mass is 16.6. The lowest BCUT2D eigenvalue weighted by Crippen LogP contribution is -2.07. The van der Waals surface area contributed by atoms with Gasteiger partial charge >= 0.3 is 5.97 Å². The van der Waals surface area contributed by atoms with Crippen molar-refractivity contribution in [2.75, 3.05) is 6.61 Å². The summed E-state index contributed by atoms with van der Waals surface area (Å²) in [7, 11) is 0. The summed E-state index contributed by atoms with van der Waals surface area (Å²) in [6, 6.07) is 17.4. The van der Waals surface area contributed by atoms with Gasteiger partial charge in [0.2, 0.25) is 0 Å². The second-order valence-electron chi connectivity index (χ2n) is 9.14. The van der Waals surface area contributed by atoms with E-state index in [9.17, 15) is 25.0 Å². The van der Waals surface area contributed by atoms with Crippen LogP contribution in [0, 0.1) is 20.2 Å². The molecule has 0 saturated carbocycles. The van der Waals surface area contributed by atoms with Crippen molar-refractivity contribution in [3.05, 3.63) is 104 Å². The molecule has 1 aromatic heterocycles. The van der Waals surface area contributed by atoms with Crippen LogP contribution in [0.15, 0.2) is 66.9 Å². The maximum Gasteiger partial charge on any atom is 0.310 e. The van der Waals surface area contributed by atoms with Crippen molar-refractivity contribution in [2.24, 2.45) is 0 Å². The van der Waals surface area contributed by atoms with Gasteiger partial charge in [0.05, 0.1) is 28.9 Å². The molecule has 0 unspecified atom stereocenters. The first kappa shape index (κ1) is 25.6. The number of nitro benzene ring substituents is 2. The number of carbonyl (C=O) groups excluding carboxylic acids is 1. The van der Waals surface area contributed by atoms with E-state index in [0.717, 1.165) is 28.1 Å². The fraction of sp³-hybridized carbons (Fsp3) is 0.250. The Morgan fingerprint density at radius 1 is 0.919 bits per heavy atom. The van der Waals surface area contributed by atoms with Crippen LogP contribution in [0.3, 0.4) is 0 Å². The number of hydrogen-bond acceptors (Lipinski definition) is 6. The van der Waals surface area contributed by atoms with Crippen molar-refractivity contribution in [2.45, 2.75) is 39.7 Å². The van der Waals surface area contributed by atoms with Crippen LogP contribution in [-0.2, 0) is 22.5 Å². The number of ether oxygens (including phenoxy) is 1. The predicted molar refractivity (Wildman–Crippen MR) is 141 cm³/mol. The van der Waals surface area contributed by atoms with E-state index in [1.54, 1.807) is 13.0 Å². The molecule has 3 aromatic carbocycles. The van der Waals surface area contributed by atoms with E-state index in [1.807, 2.05) is 22.9 Å². The Morgan fingerprint density at radius 2 is 1.57 bits per heavy atom. The lowest BCUT2D eigenvalue weighted by atomic mass is 10.0.